The van der Waals surface area contributed by atoms with Crippen LogP contribution in [0.5, 0.6) is 0 Å². The summed E-state index contributed by atoms with van der Waals surface area (Å²) in [5.41, 5.74) is 2.09. The second-order valence-corrected chi connectivity index (χ2v) is 10.4. The summed E-state index contributed by atoms with van der Waals surface area (Å²) >= 11 is 0. The number of piperidine rings is 1. The number of rotatable bonds is 7. The van der Waals surface area contributed by atoms with Crippen LogP contribution in [0.3, 0.4) is 0 Å². The lowest BCUT2D eigenvalue weighted by molar-refractivity contribution is -0.116. The van der Waals surface area contributed by atoms with Gasteiger partial charge in [0.05, 0.1) is 11.0 Å². The number of hydrogen-bond donors (Lipinski definition) is 2. The van der Waals surface area contributed by atoms with Crippen molar-refractivity contribution < 1.29 is 19.1 Å². The largest absolute Gasteiger partial charge is 0.444 e. The molecule has 0 radical (unpaired) electrons. The molecule has 1 aromatic heterocycles. The van der Waals surface area contributed by atoms with Crippen LogP contribution in [0.4, 0.5) is 10.7 Å². The van der Waals surface area contributed by atoms with Gasteiger partial charge in [-0.1, -0.05) is 30.3 Å². The molecule has 3 aromatic rings. The van der Waals surface area contributed by atoms with Gasteiger partial charge >= 0.3 is 6.09 Å². The first-order chi connectivity index (χ1) is 17.2. The van der Waals surface area contributed by atoms with E-state index in [1.54, 1.807) is 35.2 Å². The van der Waals surface area contributed by atoms with E-state index in [2.05, 4.69) is 15.3 Å². The van der Waals surface area contributed by atoms with Crippen molar-refractivity contribution in [2.75, 3.05) is 18.4 Å². The number of amides is 2. The van der Waals surface area contributed by atoms with Gasteiger partial charge in [0, 0.05) is 30.6 Å². The first-order valence-electron chi connectivity index (χ1n) is 12.6. The van der Waals surface area contributed by atoms with Gasteiger partial charge in [-0.25, -0.2) is 9.78 Å². The zero-order valence-electron chi connectivity index (χ0n) is 21.2. The van der Waals surface area contributed by atoms with Crippen LogP contribution < -0.4 is 5.32 Å². The molecule has 2 N–H and O–H groups in total. The van der Waals surface area contributed by atoms with Gasteiger partial charge < -0.3 is 14.6 Å². The van der Waals surface area contributed by atoms with Gasteiger partial charge in [-0.15, -0.1) is 0 Å². The van der Waals surface area contributed by atoms with Crippen LogP contribution in [0.1, 0.15) is 68.8 Å². The van der Waals surface area contributed by atoms with E-state index in [1.807, 2.05) is 39.0 Å². The monoisotopic (exact) mass is 490 g/mol. The fourth-order valence-electron chi connectivity index (χ4n) is 4.44. The number of aromatic amines is 1. The van der Waals surface area contributed by atoms with Crippen molar-refractivity contribution in [3.8, 4) is 0 Å². The average molecular weight is 491 g/mol. The molecule has 0 aliphatic carbocycles. The van der Waals surface area contributed by atoms with Crippen molar-refractivity contribution in [1.82, 2.24) is 14.9 Å². The lowest BCUT2D eigenvalue weighted by atomic mass is 9.91. The fourth-order valence-corrected chi connectivity index (χ4v) is 4.44. The number of ether oxygens (including phenoxy) is 1. The van der Waals surface area contributed by atoms with E-state index in [0.29, 0.717) is 53.5 Å². The minimum Gasteiger partial charge on any atom is -0.444 e. The molecule has 8 heteroatoms. The Kier molecular flexibility index (Phi) is 7.72. The van der Waals surface area contributed by atoms with Crippen molar-refractivity contribution in [2.45, 2.75) is 58.5 Å². The molecule has 1 fully saturated rings. The summed E-state index contributed by atoms with van der Waals surface area (Å²) in [7, 11) is 0. The molecular weight excluding hydrogens is 456 g/mol. The third-order valence-electron chi connectivity index (χ3n) is 6.32. The molecule has 2 amide bonds. The Balaban J connectivity index is 1.23. The number of anilines is 1. The molecule has 2 heterocycles. The number of ketones is 1. The van der Waals surface area contributed by atoms with Crippen molar-refractivity contribution in [3.63, 3.8) is 0 Å². The Labute approximate surface area is 211 Å². The van der Waals surface area contributed by atoms with Gasteiger partial charge in [0.2, 0.25) is 11.9 Å². The molecule has 0 atom stereocenters. The first-order valence-corrected chi connectivity index (χ1v) is 12.6. The average Bonchev–Trinajstić information content (AvgIpc) is 3.24. The molecule has 0 spiro atoms. The molecular formula is C28H34N4O4. The quantitative estimate of drug-likeness (QED) is 0.423. The summed E-state index contributed by atoms with van der Waals surface area (Å²) < 4.78 is 5.45. The smallest absolute Gasteiger partial charge is 0.410 e. The van der Waals surface area contributed by atoms with E-state index < -0.39 is 5.60 Å². The predicted octanol–water partition coefficient (Wildman–Crippen LogP) is 5.55. The molecule has 36 heavy (non-hydrogen) atoms. The SMILES string of the molecule is CC(C)(C)OC(=O)N1CCC(CCCC(=O)Nc2nc3ccc(C(=O)c4ccccc4)cc3[nH]2)CC1. The van der Waals surface area contributed by atoms with E-state index in [1.165, 1.54) is 0 Å². The van der Waals surface area contributed by atoms with E-state index in [0.717, 1.165) is 25.7 Å². The number of nitrogens with one attached hydrogen (secondary N) is 2. The van der Waals surface area contributed by atoms with Gasteiger partial charge in [0.15, 0.2) is 5.78 Å². The summed E-state index contributed by atoms with van der Waals surface area (Å²) in [6, 6.07) is 14.4. The minimum absolute atomic E-state index is 0.0605. The lowest BCUT2D eigenvalue weighted by Gasteiger charge is -2.33. The van der Waals surface area contributed by atoms with Crippen molar-refractivity contribution in [1.29, 1.82) is 0 Å². The highest BCUT2D eigenvalue weighted by Gasteiger charge is 2.26. The van der Waals surface area contributed by atoms with E-state index in [9.17, 15) is 14.4 Å². The maximum absolute atomic E-state index is 12.7. The van der Waals surface area contributed by atoms with Gasteiger partial charge in [0.1, 0.15) is 5.60 Å². The zero-order chi connectivity index (χ0) is 25.7. The third-order valence-corrected chi connectivity index (χ3v) is 6.32. The van der Waals surface area contributed by atoms with Gasteiger partial charge in [-0.05, 0) is 70.6 Å². The molecule has 0 bridgehead atoms. The number of aromatic nitrogens is 2. The van der Waals surface area contributed by atoms with Crippen LogP contribution in [0.2, 0.25) is 0 Å². The minimum atomic E-state index is -0.483. The Morgan fingerprint density at radius 2 is 1.78 bits per heavy atom. The number of carbonyl (C=O) groups is 3. The molecule has 2 aromatic carbocycles. The van der Waals surface area contributed by atoms with Crippen molar-refractivity contribution in [2.24, 2.45) is 5.92 Å². The van der Waals surface area contributed by atoms with Crippen LogP contribution in [0, 0.1) is 5.92 Å². The normalized spacial score (nSPS) is 14.6. The fraction of sp³-hybridized carbons (Fsp3) is 0.429. The first kappa shape index (κ1) is 25.4. The second kappa shape index (κ2) is 10.9. The predicted molar refractivity (Wildman–Crippen MR) is 139 cm³/mol. The molecule has 190 valence electrons. The molecule has 8 nitrogen and oxygen atoms in total. The zero-order valence-corrected chi connectivity index (χ0v) is 21.2. The maximum Gasteiger partial charge on any atom is 0.410 e. The number of likely N-dealkylation sites (tertiary alicyclic amines) is 1. The Morgan fingerprint density at radius 3 is 2.47 bits per heavy atom. The molecule has 1 saturated heterocycles. The van der Waals surface area contributed by atoms with E-state index >= 15 is 0 Å². The van der Waals surface area contributed by atoms with E-state index in [4.69, 9.17) is 4.74 Å². The standard InChI is InChI=1S/C28H34N4O4/c1-28(2,3)36-27(35)32-16-14-19(15-17-32)8-7-11-24(33)31-26-29-22-13-12-21(18-23(22)30-26)25(34)20-9-5-4-6-10-20/h4-6,9-10,12-13,18-19H,7-8,11,14-17H2,1-3H3,(H2,29,30,31,33). The Morgan fingerprint density at radius 1 is 1.06 bits per heavy atom. The van der Waals surface area contributed by atoms with Crippen molar-refractivity contribution in [3.05, 3.63) is 59.7 Å². The number of H-pyrrole nitrogens is 1. The number of fused-ring (bicyclic) bond motifs is 1. The lowest BCUT2D eigenvalue weighted by Crippen LogP contribution is -2.41. The Bertz CT molecular complexity index is 1220. The summed E-state index contributed by atoms with van der Waals surface area (Å²) in [5.74, 6) is 0.726. The number of benzene rings is 2. The summed E-state index contributed by atoms with van der Waals surface area (Å²) in [6.07, 6.45) is 3.73. The number of hydrogen-bond acceptors (Lipinski definition) is 5. The molecule has 0 saturated carbocycles. The van der Waals surface area contributed by atoms with Crippen LogP contribution >= 0.6 is 0 Å². The van der Waals surface area contributed by atoms with Gasteiger partial charge in [-0.2, -0.15) is 0 Å². The number of nitrogens with zero attached hydrogens (tertiary/aromatic N) is 2. The van der Waals surface area contributed by atoms with Crippen LogP contribution in [0.25, 0.3) is 11.0 Å². The maximum atomic E-state index is 12.7. The Hall–Kier alpha value is -3.68. The van der Waals surface area contributed by atoms with Crippen LogP contribution in [-0.2, 0) is 9.53 Å². The highest BCUT2D eigenvalue weighted by atomic mass is 16.6. The molecule has 4 rings (SSSR count). The van der Waals surface area contributed by atoms with Crippen molar-refractivity contribution >= 4 is 34.8 Å². The highest BCUT2D eigenvalue weighted by Crippen LogP contribution is 2.24. The van der Waals surface area contributed by atoms with E-state index in [-0.39, 0.29) is 17.8 Å². The molecule has 0 unspecified atom stereocenters. The summed E-state index contributed by atoms with van der Waals surface area (Å²) in [6.45, 7) is 7.01. The summed E-state index contributed by atoms with van der Waals surface area (Å²) in [4.78, 5) is 46.7. The van der Waals surface area contributed by atoms with Gasteiger partial charge in [-0.3, -0.25) is 14.9 Å². The topological polar surface area (TPSA) is 104 Å². The molecule has 1 aliphatic rings. The summed E-state index contributed by atoms with van der Waals surface area (Å²) in [5, 5.41) is 2.83. The van der Waals surface area contributed by atoms with Gasteiger partial charge in [0.25, 0.3) is 0 Å². The van der Waals surface area contributed by atoms with Crippen LogP contribution in [0.15, 0.2) is 48.5 Å². The highest BCUT2D eigenvalue weighted by molar-refractivity contribution is 6.10. The second-order valence-electron chi connectivity index (χ2n) is 10.4. The molecule has 1 aliphatic heterocycles. The third kappa shape index (κ3) is 6.71. The number of imidazole rings is 1. The number of carbonyl (C=O) groups excluding carboxylic acids is 3. The van der Waals surface area contributed by atoms with Crippen LogP contribution in [-0.4, -0.2) is 51.3 Å².